The quantitative estimate of drug-likeness (QED) is 0.794. The smallest absolute Gasteiger partial charge is 0.0839 e. The molecule has 2 heterocycles. The van der Waals surface area contributed by atoms with E-state index in [1.54, 1.807) is 0 Å². The monoisotopic (exact) mass is 223 g/mol. The second kappa shape index (κ2) is 4.55. The minimum atomic E-state index is -0.586. The van der Waals surface area contributed by atoms with Crippen LogP contribution in [0.1, 0.15) is 26.0 Å². The molecule has 0 bridgehead atoms. The first-order valence-electron chi connectivity index (χ1n) is 6.03. The Morgan fingerprint density at radius 2 is 2.44 bits per heavy atom. The van der Waals surface area contributed by atoms with Crippen molar-refractivity contribution >= 4 is 0 Å². The molecule has 0 amide bonds. The molecule has 2 rings (SSSR count). The van der Waals surface area contributed by atoms with Crippen LogP contribution in [0.2, 0.25) is 0 Å². The van der Waals surface area contributed by atoms with Gasteiger partial charge in [0.05, 0.1) is 11.3 Å². The second-order valence-corrected chi connectivity index (χ2v) is 5.25. The number of rotatable bonds is 4. The van der Waals surface area contributed by atoms with Crippen molar-refractivity contribution < 1.29 is 5.11 Å². The summed E-state index contributed by atoms with van der Waals surface area (Å²) in [5, 5.41) is 17.9. The highest BCUT2D eigenvalue weighted by atomic mass is 16.3. The molecule has 16 heavy (non-hydrogen) atoms. The van der Waals surface area contributed by atoms with E-state index in [0.29, 0.717) is 18.9 Å². The summed E-state index contributed by atoms with van der Waals surface area (Å²) in [5.41, 5.74) is 0.406. The summed E-state index contributed by atoms with van der Waals surface area (Å²) < 4.78 is 1.96. The van der Waals surface area contributed by atoms with E-state index in [2.05, 4.69) is 24.3 Å². The molecule has 1 aliphatic heterocycles. The maximum Gasteiger partial charge on any atom is 0.0839 e. The minimum absolute atomic E-state index is 0.586. The maximum atomic E-state index is 10.2. The normalized spacial score (nSPS) is 25.5. The van der Waals surface area contributed by atoms with Crippen molar-refractivity contribution in [2.45, 2.75) is 38.8 Å². The number of hydrogen-bond acceptors (Lipinski definition) is 3. The zero-order chi connectivity index (χ0) is 11.6. The molecule has 1 aromatic rings. The minimum Gasteiger partial charge on any atom is -0.388 e. The lowest BCUT2D eigenvalue weighted by atomic mass is 9.97. The first-order chi connectivity index (χ1) is 7.57. The summed E-state index contributed by atoms with van der Waals surface area (Å²) in [6, 6.07) is 2.01. The summed E-state index contributed by atoms with van der Waals surface area (Å²) in [5.74, 6) is 0.601. The fourth-order valence-electron chi connectivity index (χ4n) is 2.19. The Morgan fingerprint density at radius 3 is 3.06 bits per heavy atom. The number of hydrogen-bond donors (Lipinski definition) is 2. The molecule has 0 aromatic carbocycles. The third kappa shape index (κ3) is 2.83. The van der Waals surface area contributed by atoms with Crippen LogP contribution >= 0.6 is 0 Å². The van der Waals surface area contributed by atoms with Crippen LogP contribution in [0.15, 0.2) is 12.3 Å². The summed E-state index contributed by atoms with van der Waals surface area (Å²) in [6.07, 6.45) is 3.48. The van der Waals surface area contributed by atoms with Gasteiger partial charge in [-0.2, -0.15) is 5.10 Å². The average Bonchev–Trinajstić information content (AvgIpc) is 2.75. The van der Waals surface area contributed by atoms with Gasteiger partial charge in [0.25, 0.3) is 0 Å². The van der Waals surface area contributed by atoms with E-state index in [1.165, 1.54) is 0 Å². The molecule has 2 N–H and O–H groups in total. The predicted molar refractivity (Wildman–Crippen MR) is 63.2 cm³/mol. The Hall–Kier alpha value is -0.870. The van der Waals surface area contributed by atoms with Gasteiger partial charge in [-0.1, -0.05) is 13.8 Å². The zero-order valence-electron chi connectivity index (χ0n) is 10.1. The van der Waals surface area contributed by atoms with Crippen LogP contribution in [0.4, 0.5) is 0 Å². The molecular formula is C12H21N3O. The van der Waals surface area contributed by atoms with Gasteiger partial charge in [-0.3, -0.25) is 4.68 Å². The molecule has 1 unspecified atom stereocenters. The SMILES string of the molecule is CC(C)Cn1ccc(CC2(O)CCNC2)n1. The van der Waals surface area contributed by atoms with Crippen molar-refractivity contribution in [3.05, 3.63) is 18.0 Å². The molecule has 0 radical (unpaired) electrons. The van der Waals surface area contributed by atoms with Gasteiger partial charge in [-0.05, 0) is 24.9 Å². The van der Waals surface area contributed by atoms with Crippen LogP contribution in [-0.2, 0) is 13.0 Å². The largest absolute Gasteiger partial charge is 0.388 e. The highest BCUT2D eigenvalue weighted by Gasteiger charge is 2.31. The lowest BCUT2D eigenvalue weighted by molar-refractivity contribution is 0.0607. The molecule has 0 spiro atoms. The lowest BCUT2D eigenvalue weighted by Gasteiger charge is -2.19. The molecule has 0 aliphatic carbocycles. The molecule has 1 atom stereocenters. The van der Waals surface area contributed by atoms with Gasteiger partial charge in [0.15, 0.2) is 0 Å². The molecule has 1 aromatic heterocycles. The fourth-order valence-corrected chi connectivity index (χ4v) is 2.19. The Bertz CT molecular complexity index is 340. The van der Waals surface area contributed by atoms with Crippen LogP contribution in [0.25, 0.3) is 0 Å². The van der Waals surface area contributed by atoms with Gasteiger partial charge < -0.3 is 10.4 Å². The van der Waals surface area contributed by atoms with Crippen LogP contribution in [0.5, 0.6) is 0 Å². The van der Waals surface area contributed by atoms with Crippen LogP contribution in [-0.4, -0.2) is 33.6 Å². The van der Waals surface area contributed by atoms with Crippen LogP contribution in [0.3, 0.4) is 0 Å². The zero-order valence-corrected chi connectivity index (χ0v) is 10.1. The van der Waals surface area contributed by atoms with E-state index >= 15 is 0 Å². The first-order valence-corrected chi connectivity index (χ1v) is 6.03. The van der Waals surface area contributed by atoms with Gasteiger partial charge >= 0.3 is 0 Å². The Balaban J connectivity index is 1.97. The van der Waals surface area contributed by atoms with Gasteiger partial charge in [0, 0.05) is 25.7 Å². The molecule has 1 aliphatic rings. The van der Waals surface area contributed by atoms with E-state index in [9.17, 15) is 5.11 Å². The number of aliphatic hydroxyl groups is 1. The number of nitrogens with one attached hydrogen (secondary N) is 1. The molecular weight excluding hydrogens is 202 g/mol. The third-order valence-electron chi connectivity index (χ3n) is 2.98. The van der Waals surface area contributed by atoms with Crippen molar-refractivity contribution in [1.82, 2.24) is 15.1 Å². The highest BCUT2D eigenvalue weighted by molar-refractivity contribution is 5.06. The molecule has 1 saturated heterocycles. The topological polar surface area (TPSA) is 50.1 Å². The second-order valence-electron chi connectivity index (χ2n) is 5.25. The van der Waals surface area contributed by atoms with Crippen molar-refractivity contribution in [3.63, 3.8) is 0 Å². The molecule has 0 saturated carbocycles. The summed E-state index contributed by atoms with van der Waals surface area (Å²) in [7, 11) is 0. The van der Waals surface area contributed by atoms with Crippen LogP contribution in [0, 0.1) is 5.92 Å². The molecule has 4 nitrogen and oxygen atoms in total. The van der Waals surface area contributed by atoms with E-state index < -0.39 is 5.60 Å². The molecule has 4 heteroatoms. The Kier molecular flexibility index (Phi) is 3.30. The lowest BCUT2D eigenvalue weighted by Crippen LogP contribution is -2.34. The summed E-state index contributed by atoms with van der Waals surface area (Å²) >= 11 is 0. The van der Waals surface area contributed by atoms with Gasteiger partial charge in [0.2, 0.25) is 0 Å². The highest BCUT2D eigenvalue weighted by Crippen LogP contribution is 2.19. The van der Waals surface area contributed by atoms with E-state index in [4.69, 9.17) is 0 Å². The van der Waals surface area contributed by atoms with E-state index in [1.807, 2.05) is 16.9 Å². The number of nitrogens with zero attached hydrogens (tertiary/aromatic N) is 2. The average molecular weight is 223 g/mol. The molecule has 90 valence electrons. The van der Waals surface area contributed by atoms with Crippen LogP contribution < -0.4 is 5.32 Å². The maximum absolute atomic E-state index is 10.2. The van der Waals surface area contributed by atoms with E-state index in [-0.39, 0.29) is 0 Å². The predicted octanol–water partition coefficient (Wildman–Crippen LogP) is 0.806. The number of β-amino-alcohol motifs (C(OH)–C–C–N with tert-alkyl or cyclic N) is 1. The summed E-state index contributed by atoms with van der Waals surface area (Å²) in [4.78, 5) is 0. The molecule has 1 fully saturated rings. The van der Waals surface area contributed by atoms with Gasteiger partial charge in [-0.25, -0.2) is 0 Å². The summed E-state index contributed by atoms with van der Waals surface area (Å²) in [6.45, 7) is 6.88. The number of aromatic nitrogens is 2. The van der Waals surface area contributed by atoms with Crippen molar-refractivity contribution in [3.8, 4) is 0 Å². The van der Waals surface area contributed by atoms with E-state index in [0.717, 1.165) is 25.2 Å². The fraction of sp³-hybridized carbons (Fsp3) is 0.750. The van der Waals surface area contributed by atoms with Crippen molar-refractivity contribution in [2.24, 2.45) is 5.92 Å². The third-order valence-corrected chi connectivity index (χ3v) is 2.98. The van der Waals surface area contributed by atoms with Gasteiger partial charge in [-0.15, -0.1) is 0 Å². The van der Waals surface area contributed by atoms with Crippen molar-refractivity contribution in [2.75, 3.05) is 13.1 Å². The first kappa shape index (κ1) is 11.6. The standard InChI is InChI=1S/C12H21N3O/c1-10(2)8-15-6-3-11(14-15)7-12(16)4-5-13-9-12/h3,6,10,13,16H,4-5,7-9H2,1-2H3. The Morgan fingerprint density at radius 1 is 1.62 bits per heavy atom. The Labute approximate surface area is 96.7 Å². The van der Waals surface area contributed by atoms with Crippen molar-refractivity contribution in [1.29, 1.82) is 0 Å². The van der Waals surface area contributed by atoms with Gasteiger partial charge in [0.1, 0.15) is 0 Å².